The van der Waals surface area contributed by atoms with Gasteiger partial charge in [0.1, 0.15) is 16.0 Å². The molecule has 1 aromatic rings. The molecule has 0 aliphatic carbocycles. The lowest BCUT2D eigenvalue weighted by Gasteiger charge is -2.02. The first kappa shape index (κ1) is 10.1. The van der Waals surface area contributed by atoms with Gasteiger partial charge in [-0.15, -0.1) is 11.3 Å². The van der Waals surface area contributed by atoms with Crippen molar-refractivity contribution in [1.29, 1.82) is 0 Å². The van der Waals surface area contributed by atoms with Crippen molar-refractivity contribution in [1.82, 2.24) is 4.98 Å². The molecule has 0 saturated heterocycles. The van der Waals surface area contributed by atoms with Crippen LogP contribution in [0.3, 0.4) is 0 Å². The summed E-state index contributed by atoms with van der Waals surface area (Å²) in [4.78, 5) is 15.1. The molecule has 0 unspecified atom stereocenters. The monoisotopic (exact) mass is 201 g/mol. The number of aromatic nitrogens is 1. The zero-order valence-corrected chi connectivity index (χ0v) is 8.51. The minimum atomic E-state index is -0.926. The van der Waals surface area contributed by atoms with Crippen LogP contribution in [0.1, 0.15) is 33.4 Å². The third-order valence-corrected chi connectivity index (χ3v) is 3.02. The minimum absolute atomic E-state index is 0.142. The second-order valence-corrected chi connectivity index (χ2v) is 3.68. The first-order chi connectivity index (χ1) is 6.06. The fourth-order valence-corrected chi connectivity index (χ4v) is 1.82. The van der Waals surface area contributed by atoms with Crippen LogP contribution in [0.15, 0.2) is 0 Å². The lowest BCUT2D eigenvalue weighted by molar-refractivity contribution is 0.0701. The van der Waals surface area contributed by atoms with E-state index in [2.05, 4.69) is 4.98 Å². The largest absolute Gasteiger partial charge is 0.477 e. The Morgan fingerprint density at radius 3 is 2.69 bits per heavy atom. The van der Waals surface area contributed by atoms with Gasteiger partial charge in [-0.3, -0.25) is 0 Å². The molecule has 0 radical (unpaired) electrons. The molecule has 0 spiro atoms. The Bertz CT molecular complexity index is 321. The van der Waals surface area contributed by atoms with Gasteiger partial charge in [0.25, 0.3) is 0 Å². The van der Waals surface area contributed by atoms with E-state index in [1.165, 1.54) is 0 Å². The smallest absolute Gasteiger partial charge is 0.347 e. The predicted octanol–water partition coefficient (Wildman–Crippen LogP) is 1.86. The molecule has 4 nitrogen and oxygen atoms in total. The van der Waals surface area contributed by atoms with Crippen molar-refractivity contribution >= 4 is 17.3 Å². The summed E-state index contributed by atoms with van der Waals surface area (Å²) in [6.45, 7) is 3.52. The summed E-state index contributed by atoms with van der Waals surface area (Å²) >= 11 is 1.16. The molecule has 1 heterocycles. The first-order valence-electron chi connectivity index (χ1n) is 3.79. The van der Waals surface area contributed by atoms with Gasteiger partial charge < -0.3 is 9.84 Å². The summed E-state index contributed by atoms with van der Waals surface area (Å²) < 4.78 is 5.04. The molecule has 0 aliphatic heterocycles. The van der Waals surface area contributed by atoms with Crippen LogP contribution in [0.5, 0.6) is 0 Å². The summed E-state index contributed by atoms with van der Waals surface area (Å²) in [5, 5.41) is 9.47. The molecule has 13 heavy (non-hydrogen) atoms. The topological polar surface area (TPSA) is 59.4 Å². The molecule has 1 atom stereocenters. The van der Waals surface area contributed by atoms with Gasteiger partial charge in [-0.05, 0) is 13.8 Å². The highest BCUT2D eigenvalue weighted by Crippen LogP contribution is 2.24. The van der Waals surface area contributed by atoms with E-state index in [0.717, 1.165) is 11.3 Å². The van der Waals surface area contributed by atoms with Gasteiger partial charge in [0.05, 0.1) is 5.69 Å². The Hall–Kier alpha value is -0.940. The van der Waals surface area contributed by atoms with Gasteiger partial charge in [0.2, 0.25) is 0 Å². The van der Waals surface area contributed by atoms with Crippen LogP contribution in [0.4, 0.5) is 0 Å². The Morgan fingerprint density at radius 2 is 2.31 bits per heavy atom. The molecule has 0 aliphatic rings. The Morgan fingerprint density at radius 1 is 1.69 bits per heavy atom. The number of ether oxygens (including phenoxy) is 1. The van der Waals surface area contributed by atoms with Crippen LogP contribution < -0.4 is 0 Å². The van der Waals surface area contributed by atoms with Crippen molar-refractivity contribution in [3.63, 3.8) is 0 Å². The number of methoxy groups -OCH3 is 1. The molecule has 0 bridgehead atoms. The third-order valence-electron chi connectivity index (χ3n) is 1.71. The minimum Gasteiger partial charge on any atom is -0.477 e. The van der Waals surface area contributed by atoms with Crippen molar-refractivity contribution < 1.29 is 14.6 Å². The molecule has 1 N–H and O–H groups in total. The van der Waals surface area contributed by atoms with Gasteiger partial charge in [0, 0.05) is 7.11 Å². The molecular weight excluding hydrogens is 190 g/mol. The summed E-state index contributed by atoms with van der Waals surface area (Å²) in [6, 6.07) is 0. The van der Waals surface area contributed by atoms with Gasteiger partial charge in [-0.25, -0.2) is 9.78 Å². The number of thiazole rings is 1. The second-order valence-electron chi connectivity index (χ2n) is 2.65. The maximum Gasteiger partial charge on any atom is 0.347 e. The number of hydrogen-bond acceptors (Lipinski definition) is 4. The molecule has 72 valence electrons. The summed E-state index contributed by atoms with van der Waals surface area (Å²) in [5.74, 6) is -0.926. The van der Waals surface area contributed by atoms with E-state index >= 15 is 0 Å². The van der Waals surface area contributed by atoms with E-state index in [1.54, 1.807) is 14.0 Å². The van der Waals surface area contributed by atoms with Crippen LogP contribution in [0.25, 0.3) is 0 Å². The highest BCUT2D eigenvalue weighted by atomic mass is 32.1. The normalized spacial score (nSPS) is 12.8. The molecule has 0 fully saturated rings. The van der Waals surface area contributed by atoms with Gasteiger partial charge >= 0.3 is 5.97 Å². The molecule has 1 rings (SSSR count). The first-order valence-corrected chi connectivity index (χ1v) is 4.61. The Balaban J connectivity index is 3.01. The zero-order chi connectivity index (χ0) is 10.0. The van der Waals surface area contributed by atoms with Crippen LogP contribution >= 0.6 is 11.3 Å². The predicted molar refractivity (Wildman–Crippen MR) is 49.2 cm³/mol. The number of hydrogen-bond donors (Lipinski definition) is 1. The number of rotatable bonds is 3. The van der Waals surface area contributed by atoms with Crippen molar-refractivity contribution in [2.75, 3.05) is 7.11 Å². The van der Waals surface area contributed by atoms with Crippen LogP contribution in [0, 0.1) is 6.92 Å². The lowest BCUT2D eigenvalue weighted by Crippen LogP contribution is -1.94. The fraction of sp³-hybridized carbons (Fsp3) is 0.500. The van der Waals surface area contributed by atoms with E-state index in [9.17, 15) is 4.79 Å². The quantitative estimate of drug-likeness (QED) is 0.810. The molecule has 0 amide bonds. The lowest BCUT2D eigenvalue weighted by atomic mass is 10.4. The summed E-state index contributed by atoms with van der Waals surface area (Å²) in [5.41, 5.74) is 0.552. The average molecular weight is 201 g/mol. The summed E-state index contributed by atoms with van der Waals surface area (Å²) in [7, 11) is 1.57. The van der Waals surface area contributed by atoms with Crippen molar-refractivity contribution in [2.45, 2.75) is 20.0 Å². The molecular formula is C8H11NO3S. The summed E-state index contributed by atoms with van der Waals surface area (Å²) in [6.07, 6.45) is -0.142. The molecule has 0 saturated carbocycles. The number of carboxylic acid groups (broad SMARTS) is 1. The van der Waals surface area contributed by atoms with E-state index < -0.39 is 5.97 Å². The maximum absolute atomic E-state index is 10.7. The van der Waals surface area contributed by atoms with Crippen molar-refractivity contribution in [2.24, 2.45) is 0 Å². The van der Waals surface area contributed by atoms with Gasteiger partial charge in [0.15, 0.2) is 0 Å². The van der Waals surface area contributed by atoms with Gasteiger partial charge in [-0.1, -0.05) is 0 Å². The zero-order valence-electron chi connectivity index (χ0n) is 7.70. The van der Waals surface area contributed by atoms with E-state index in [1.807, 2.05) is 6.92 Å². The third kappa shape index (κ3) is 2.05. The standard InChI is InChI=1S/C8H11NO3S/c1-4-6(8(10)11)13-7(9-4)5(2)12-3/h5H,1-3H3,(H,10,11)/t5-/m0/s1. The maximum atomic E-state index is 10.7. The van der Waals surface area contributed by atoms with Crippen LogP contribution in [-0.2, 0) is 4.74 Å². The average Bonchev–Trinajstić information content (AvgIpc) is 2.46. The number of aryl methyl sites for hydroxylation is 1. The van der Waals surface area contributed by atoms with E-state index in [-0.39, 0.29) is 6.10 Å². The van der Waals surface area contributed by atoms with Crippen molar-refractivity contribution in [3.8, 4) is 0 Å². The highest BCUT2D eigenvalue weighted by molar-refractivity contribution is 7.13. The van der Waals surface area contributed by atoms with E-state index in [4.69, 9.17) is 9.84 Å². The van der Waals surface area contributed by atoms with Crippen LogP contribution in [-0.4, -0.2) is 23.2 Å². The van der Waals surface area contributed by atoms with Crippen molar-refractivity contribution in [3.05, 3.63) is 15.6 Å². The number of nitrogens with zero attached hydrogens (tertiary/aromatic N) is 1. The van der Waals surface area contributed by atoms with Crippen LogP contribution in [0.2, 0.25) is 0 Å². The second kappa shape index (κ2) is 3.85. The molecule has 5 heteroatoms. The number of aromatic carboxylic acids is 1. The highest BCUT2D eigenvalue weighted by Gasteiger charge is 2.17. The Kier molecular flexibility index (Phi) is 3.00. The Labute approximate surface area is 80.2 Å². The fourth-order valence-electron chi connectivity index (χ4n) is 0.890. The van der Waals surface area contributed by atoms with E-state index in [0.29, 0.717) is 15.6 Å². The molecule has 0 aromatic carbocycles. The van der Waals surface area contributed by atoms with Gasteiger partial charge in [-0.2, -0.15) is 0 Å². The molecule has 1 aromatic heterocycles. The number of carboxylic acids is 1. The SMILES string of the molecule is CO[C@@H](C)c1nc(C)c(C(=O)O)s1. The number of carbonyl (C=O) groups is 1.